The van der Waals surface area contributed by atoms with E-state index in [4.69, 9.17) is 0 Å². The fourth-order valence-corrected chi connectivity index (χ4v) is 5.51. The molecule has 0 aliphatic heterocycles. The molecule has 4 fully saturated rings. The Bertz CT molecular complexity index is 510. The lowest BCUT2D eigenvalue weighted by molar-refractivity contribution is -0.142. The summed E-state index contributed by atoms with van der Waals surface area (Å²) >= 11 is 0. The largest absolute Gasteiger partial charge is 0.390 e. The smallest absolute Gasteiger partial charge is 0.0670 e. The first-order valence-corrected chi connectivity index (χ1v) is 8.08. The molecular weight excluding hydrogens is 246 g/mol. The van der Waals surface area contributed by atoms with Crippen LogP contribution in [0.4, 0.5) is 0 Å². The monoisotopic (exact) mass is 271 g/mol. The van der Waals surface area contributed by atoms with Crippen molar-refractivity contribution in [3.63, 3.8) is 0 Å². The summed E-state index contributed by atoms with van der Waals surface area (Å²) in [6, 6.07) is 8.63. The number of benzene rings is 1. The van der Waals surface area contributed by atoms with E-state index in [-0.39, 0.29) is 11.1 Å². The van der Waals surface area contributed by atoms with Crippen molar-refractivity contribution < 1.29 is 5.11 Å². The van der Waals surface area contributed by atoms with Gasteiger partial charge in [-0.2, -0.15) is 0 Å². The van der Waals surface area contributed by atoms with Crippen LogP contribution in [0.3, 0.4) is 0 Å². The summed E-state index contributed by atoms with van der Waals surface area (Å²) in [6.07, 6.45) is 6.99. The van der Waals surface area contributed by atoms with Crippen LogP contribution in [0.2, 0.25) is 0 Å². The number of nitrogens with one attached hydrogen (secondary N) is 1. The maximum Gasteiger partial charge on any atom is 0.0670 e. The molecule has 0 heterocycles. The second-order valence-corrected chi connectivity index (χ2v) is 7.75. The second kappa shape index (κ2) is 4.32. The zero-order valence-corrected chi connectivity index (χ0v) is 12.4. The molecule has 108 valence electrons. The molecule has 4 aliphatic rings. The van der Waals surface area contributed by atoms with Gasteiger partial charge in [-0.25, -0.2) is 0 Å². The lowest BCUT2D eigenvalue weighted by Crippen LogP contribution is -2.64. The quantitative estimate of drug-likeness (QED) is 0.885. The molecule has 2 atom stereocenters. The Hall–Kier alpha value is -0.860. The Labute approximate surface area is 121 Å². The van der Waals surface area contributed by atoms with Gasteiger partial charge < -0.3 is 10.4 Å². The molecular formula is C18H25NO. The molecule has 2 unspecified atom stereocenters. The van der Waals surface area contributed by atoms with E-state index in [1.165, 1.54) is 30.4 Å². The van der Waals surface area contributed by atoms with E-state index < -0.39 is 0 Å². The Balaban J connectivity index is 1.53. The third-order valence-electron chi connectivity index (χ3n) is 5.95. The number of aliphatic hydroxyl groups is 1. The minimum atomic E-state index is -0.358. The molecule has 0 radical (unpaired) electrons. The van der Waals surface area contributed by atoms with Gasteiger partial charge in [-0.3, -0.25) is 0 Å². The molecule has 4 aliphatic carbocycles. The van der Waals surface area contributed by atoms with Crippen LogP contribution >= 0.6 is 0 Å². The van der Waals surface area contributed by atoms with Crippen molar-refractivity contribution >= 4 is 0 Å². The van der Waals surface area contributed by atoms with Crippen LogP contribution in [0.5, 0.6) is 0 Å². The summed E-state index contributed by atoms with van der Waals surface area (Å²) in [5.41, 5.74) is 2.61. The SMILES string of the molecule is Cc1ccccc1CNC12CC3CC(CC(O)(C3)C1)C2. The van der Waals surface area contributed by atoms with Gasteiger partial charge in [0, 0.05) is 12.1 Å². The van der Waals surface area contributed by atoms with E-state index in [0.29, 0.717) is 0 Å². The van der Waals surface area contributed by atoms with Crippen LogP contribution in [0.25, 0.3) is 0 Å². The average Bonchev–Trinajstić information content (AvgIpc) is 2.35. The third-order valence-corrected chi connectivity index (χ3v) is 5.95. The zero-order chi connectivity index (χ0) is 13.8. The molecule has 0 amide bonds. The van der Waals surface area contributed by atoms with E-state index in [1.807, 2.05) is 0 Å². The van der Waals surface area contributed by atoms with Gasteiger partial charge in [0.05, 0.1) is 5.60 Å². The number of rotatable bonds is 3. The highest BCUT2D eigenvalue weighted by atomic mass is 16.3. The Morgan fingerprint density at radius 3 is 2.50 bits per heavy atom. The maximum absolute atomic E-state index is 10.8. The summed E-state index contributed by atoms with van der Waals surface area (Å²) in [5.74, 6) is 1.51. The molecule has 5 rings (SSSR count). The van der Waals surface area contributed by atoms with Gasteiger partial charge in [-0.1, -0.05) is 24.3 Å². The Morgan fingerprint density at radius 2 is 1.85 bits per heavy atom. The standard InChI is InChI=1S/C18H25NO/c1-13-4-2-3-5-16(13)11-19-17-7-14-6-15(8-17)10-18(20,9-14)12-17/h2-5,14-15,19-20H,6-12H2,1H3. The first-order chi connectivity index (χ1) is 9.56. The first kappa shape index (κ1) is 12.8. The summed E-state index contributed by atoms with van der Waals surface area (Å²) in [4.78, 5) is 0. The van der Waals surface area contributed by atoms with Crippen molar-refractivity contribution in [2.24, 2.45) is 11.8 Å². The number of aryl methyl sites for hydroxylation is 1. The number of hydrogen-bond acceptors (Lipinski definition) is 2. The molecule has 0 saturated heterocycles. The van der Waals surface area contributed by atoms with Gasteiger partial charge in [0.15, 0.2) is 0 Å². The van der Waals surface area contributed by atoms with Crippen LogP contribution < -0.4 is 5.32 Å². The van der Waals surface area contributed by atoms with Crippen LogP contribution in [-0.4, -0.2) is 16.2 Å². The number of hydrogen-bond donors (Lipinski definition) is 2. The molecule has 2 nitrogen and oxygen atoms in total. The average molecular weight is 271 g/mol. The molecule has 20 heavy (non-hydrogen) atoms. The van der Waals surface area contributed by atoms with Gasteiger partial charge in [-0.15, -0.1) is 0 Å². The van der Waals surface area contributed by atoms with E-state index >= 15 is 0 Å². The van der Waals surface area contributed by atoms with Crippen molar-refractivity contribution in [1.82, 2.24) is 5.32 Å². The van der Waals surface area contributed by atoms with Crippen LogP contribution in [0.1, 0.15) is 49.7 Å². The Kier molecular flexibility index (Phi) is 2.77. The minimum Gasteiger partial charge on any atom is -0.390 e. The lowest BCUT2D eigenvalue weighted by Gasteiger charge is -2.60. The Morgan fingerprint density at radius 1 is 1.15 bits per heavy atom. The highest BCUT2D eigenvalue weighted by Gasteiger charge is 2.56. The molecule has 0 spiro atoms. The zero-order valence-electron chi connectivity index (χ0n) is 12.4. The highest BCUT2D eigenvalue weighted by Crippen LogP contribution is 2.57. The van der Waals surface area contributed by atoms with Crippen LogP contribution in [0.15, 0.2) is 24.3 Å². The van der Waals surface area contributed by atoms with Gasteiger partial charge in [0.1, 0.15) is 0 Å². The van der Waals surface area contributed by atoms with Gasteiger partial charge in [0.25, 0.3) is 0 Å². The van der Waals surface area contributed by atoms with Gasteiger partial charge >= 0.3 is 0 Å². The maximum atomic E-state index is 10.8. The van der Waals surface area contributed by atoms with Crippen LogP contribution in [-0.2, 0) is 6.54 Å². The van der Waals surface area contributed by atoms with Crippen molar-refractivity contribution in [1.29, 1.82) is 0 Å². The molecule has 4 bridgehead atoms. The summed E-state index contributed by atoms with van der Waals surface area (Å²) in [6.45, 7) is 3.13. The van der Waals surface area contributed by atoms with Gasteiger partial charge in [-0.05, 0) is 68.4 Å². The van der Waals surface area contributed by atoms with E-state index in [2.05, 4.69) is 36.5 Å². The molecule has 0 aromatic heterocycles. The predicted molar refractivity (Wildman–Crippen MR) is 80.4 cm³/mol. The van der Waals surface area contributed by atoms with Crippen molar-refractivity contribution in [2.45, 2.75) is 63.1 Å². The fourth-order valence-electron chi connectivity index (χ4n) is 5.51. The predicted octanol–water partition coefficient (Wildman–Crippen LogP) is 3.17. The molecule has 1 aromatic rings. The van der Waals surface area contributed by atoms with Crippen molar-refractivity contribution in [3.05, 3.63) is 35.4 Å². The third kappa shape index (κ3) is 2.10. The van der Waals surface area contributed by atoms with Gasteiger partial charge in [0.2, 0.25) is 0 Å². The molecule has 1 aromatic carbocycles. The van der Waals surface area contributed by atoms with Crippen molar-refractivity contribution in [2.75, 3.05) is 0 Å². The van der Waals surface area contributed by atoms with E-state index in [0.717, 1.165) is 37.6 Å². The fraction of sp³-hybridized carbons (Fsp3) is 0.667. The molecule has 4 saturated carbocycles. The summed E-state index contributed by atoms with van der Waals surface area (Å²) in [7, 11) is 0. The van der Waals surface area contributed by atoms with Crippen LogP contribution in [0, 0.1) is 18.8 Å². The molecule has 2 heteroatoms. The summed E-state index contributed by atoms with van der Waals surface area (Å²) in [5, 5.41) is 14.6. The van der Waals surface area contributed by atoms with E-state index in [1.54, 1.807) is 0 Å². The molecule has 2 N–H and O–H groups in total. The minimum absolute atomic E-state index is 0.209. The highest BCUT2D eigenvalue weighted by molar-refractivity contribution is 5.26. The lowest BCUT2D eigenvalue weighted by atomic mass is 9.51. The van der Waals surface area contributed by atoms with Crippen molar-refractivity contribution in [3.8, 4) is 0 Å². The first-order valence-electron chi connectivity index (χ1n) is 8.08. The topological polar surface area (TPSA) is 32.3 Å². The summed E-state index contributed by atoms with van der Waals surface area (Å²) < 4.78 is 0. The van der Waals surface area contributed by atoms with E-state index in [9.17, 15) is 5.11 Å². The normalized spacial score (nSPS) is 42.1. The second-order valence-electron chi connectivity index (χ2n) is 7.75.